The molecule has 2 aromatic carbocycles. The molecule has 0 aliphatic heterocycles. The molecular formula is C15H14FNO2S. The third-order valence-corrected chi connectivity index (χ3v) is 4.13. The smallest absolute Gasteiger partial charge is 0.207 e. The molecule has 0 fully saturated rings. The van der Waals surface area contributed by atoms with E-state index >= 15 is 0 Å². The third kappa shape index (κ3) is 3.30. The van der Waals surface area contributed by atoms with Gasteiger partial charge in [0, 0.05) is 6.21 Å². The van der Waals surface area contributed by atoms with E-state index in [4.69, 9.17) is 0 Å². The summed E-state index contributed by atoms with van der Waals surface area (Å²) in [5.74, 6) is -0.360. The lowest BCUT2D eigenvalue weighted by Gasteiger charge is -2.01. The van der Waals surface area contributed by atoms with Crippen molar-refractivity contribution >= 4 is 16.2 Å². The number of aryl methyl sites for hydroxylation is 2. The van der Waals surface area contributed by atoms with Gasteiger partial charge in [-0.15, -0.1) is 0 Å². The van der Waals surface area contributed by atoms with Crippen molar-refractivity contribution in [1.29, 1.82) is 0 Å². The van der Waals surface area contributed by atoms with Crippen LogP contribution in [0.15, 0.2) is 51.8 Å². The van der Waals surface area contributed by atoms with Crippen molar-refractivity contribution in [2.75, 3.05) is 0 Å². The number of halogens is 1. The normalized spacial score (nSPS) is 11.9. The summed E-state index contributed by atoms with van der Waals surface area (Å²) in [5, 5.41) is 0. The molecule has 2 aromatic rings. The molecule has 0 saturated carbocycles. The zero-order valence-electron chi connectivity index (χ0n) is 11.2. The Balaban J connectivity index is 2.32. The van der Waals surface area contributed by atoms with Crippen LogP contribution in [0.4, 0.5) is 4.39 Å². The molecule has 0 bridgehead atoms. The maximum Gasteiger partial charge on any atom is 0.282 e. The summed E-state index contributed by atoms with van der Waals surface area (Å²) in [6.45, 7) is 3.57. The summed E-state index contributed by atoms with van der Waals surface area (Å²) < 4.78 is 40.6. The predicted molar refractivity (Wildman–Crippen MR) is 77.1 cm³/mol. The van der Waals surface area contributed by atoms with Crippen LogP contribution in [0.25, 0.3) is 0 Å². The van der Waals surface area contributed by atoms with E-state index in [0.717, 1.165) is 5.56 Å². The van der Waals surface area contributed by atoms with E-state index in [1.807, 2.05) is 6.92 Å². The van der Waals surface area contributed by atoms with Crippen molar-refractivity contribution < 1.29 is 12.8 Å². The summed E-state index contributed by atoms with van der Waals surface area (Å²) >= 11 is 0. The van der Waals surface area contributed by atoms with Gasteiger partial charge < -0.3 is 0 Å². The molecule has 0 aliphatic carbocycles. The quantitative estimate of drug-likeness (QED) is 0.815. The van der Waals surface area contributed by atoms with E-state index in [0.29, 0.717) is 11.1 Å². The Bertz CT molecular complexity index is 750. The zero-order valence-corrected chi connectivity index (χ0v) is 12.0. The van der Waals surface area contributed by atoms with Crippen LogP contribution in [0.2, 0.25) is 0 Å². The third-order valence-electron chi connectivity index (χ3n) is 2.88. The number of hydrogen-bond donors (Lipinski definition) is 0. The van der Waals surface area contributed by atoms with Gasteiger partial charge in [0.2, 0.25) is 0 Å². The van der Waals surface area contributed by atoms with Crippen LogP contribution < -0.4 is 0 Å². The van der Waals surface area contributed by atoms with E-state index in [1.165, 1.54) is 36.5 Å². The Morgan fingerprint density at radius 1 is 1.05 bits per heavy atom. The van der Waals surface area contributed by atoms with Crippen molar-refractivity contribution in [1.82, 2.24) is 0 Å². The minimum Gasteiger partial charge on any atom is -0.207 e. The van der Waals surface area contributed by atoms with Crippen molar-refractivity contribution in [2.24, 2.45) is 4.40 Å². The van der Waals surface area contributed by atoms with Crippen LogP contribution >= 0.6 is 0 Å². The molecule has 0 unspecified atom stereocenters. The molecule has 3 nitrogen and oxygen atoms in total. The fourth-order valence-corrected chi connectivity index (χ4v) is 2.54. The Morgan fingerprint density at radius 2 is 1.70 bits per heavy atom. The first-order valence-electron chi connectivity index (χ1n) is 6.02. The van der Waals surface area contributed by atoms with Gasteiger partial charge in [0.1, 0.15) is 5.82 Å². The molecular weight excluding hydrogens is 277 g/mol. The molecule has 5 heteroatoms. The minimum atomic E-state index is -3.73. The van der Waals surface area contributed by atoms with Gasteiger partial charge in [-0.25, -0.2) is 4.39 Å². The van der Waals surface area contributed by atoms with Gasteiger partial charge in [-0.2, -0.15) is 12.8 Å². The Kier molecular flexibility index (Phi) is 3.99. The lowest BCUT2D eigenvalue weighted by atomic mass is 10.1. The first kappa shape index (κ1) is 14.4. The largest absolute Gasteiger partial charge is 0.282 e. The van der Waals surface area contributed by atoms with Crippen molar-refractivity contribution in [3.8, 4) is 0 Å². The Morgan fingerprint density at radius 3 is 2.30 bits per heavy atom. The monoisotopic (exact) mass is 291 g/mol. The number of rotatable bonds is 3. The molecule has 0 heterocycles. The van der Waals surface area contributed by atoms with Crippen molar-refractivity contribution in [3.05, 3.63) is 65.0 Å². The fraction of sp³-hybridized carbons (Fsp3) is 0.133. The van der Waals surface area contributed by atoms with E-state index in [2.05, 4.69) is 4.40 Å². The summed E-state index contributed by atoms with van der Waals surface area (Å²) in [7, 11) is -3.73. The molecule has 0 radical (unpaired) electrons. The lowest BCUT2D eigenvalue weighted by Crippen LogP contribution is -1.98. The van der Waals surface area contributed by atoms with E-state index in [1.54, 1.807) is 19.1 Å². The molecule has 0 saturated heterocycles. The number of benzene rings is 2. The van der Waals surface area contributed by atoms with Crippen LogP contribution in [0, 0.1) is 19.7 Å². The maximum absolute atomic E-state index is 13.0. The molecule has 0 aliphatic rings. The Hall–Kier alpha value is -2.01. The average molecular weight is 291 g/mol. The first-order valence-corrected chi connectivity index (χ1v) is 7.46. The van der Waals surface area contributed by atoms with E-state index in [-0.39, 0.29) is 10.7 Å². The standard InChI is InChI=1S/C15H14FNO2S/c1-11-3-7-15(8-4-11)20(18,19)17-10-13-5-6-14(16)9-12(13)2/h3-10H,1-2H3/b17-10+. The van der Waals surface area contributed by atoms with Gasteiger partial charge in [0.25, 0.3) is 10.0 Å². The summed E-state index contributed by atoms with van der Waals surface area (Å²) in [4.78, 5) is 0.138. The molecule has 0 aromatic heterocycles. The molecule has 20 heavy (non-hydrogen) atoms. The number of nitrogens with zero attached hydrogens (tertiary/aromatic N) is 1. The van der Waals surface area contributed by atoms with E-state index < -0.39 is 10.0 Å². The molecule has 0 N–H and O–H groups in total. The maximum atomic E-state index is 13.0. The predicted octanol–water partition coefficient (Wildman–Crippen LogP) is 3.25. The van der Waals surface area contributed by atoms with Crippen molar-refractivity contribution in [3.63, 3.8) is 0 Å². The van der Waals surface area contributed by atoms with Gasteiger partial charge >= 0.3 is 0 Å². The zero-order chi connectivity index (χ0) is 14.8. The van der Waals surface area contributed by atoms with Gasteiger partial charge in [0.15, 0.2) is 0 Å². The SMILES string of the molecule is Cc1ccc(S(=O)(=O)/N=C/c2ccc(F)cc2C)cc1. The first-order chi connectivity index (χ1) is 9.38. The lowest BCUT2D eigenvalue weighted by molar-refractivity contribution is 0.598. The fourth-order valence-electron chi connectivity index (χ4n) is 1.68. The van der Waals surface area contributed by atoms with Gasteiger partial charge in [-0.05, 0) is 49.2 Å². The Labute approximate surface area is 117 Å². The van der Waals surface area contributed by atoms with Crippen molar-refractivity contribution in [2.45, 2.75) is 18.7 Å². The van der Waals surface area contributed by atoms with Crippen LogP contribution in [0.5, 0.6) is 0 Å². The summed E-state index contributed by atoms with van der Waals surface area (Å²) in [6, 6.07) is 10.6. The molecule has 104 valence electrons. The van der Waals surface area contributed by atoms with Gasteiger partial charge in [0.05, 0.1) is 4.90 Å². The van der Waals surface area contributed by atoms with E-state index in [9.17, 15) is 12.8 Å². The number of hydrogen-bond acceptors (Lipinski definition) is 2. The second-order valence-electron chi connectivity index (χ2n) is 4.52. The van der Waals surface area contributed by atoms with Crippen LogP contribution in [0.3, 0.4) is 0 Å². The highest BCUT2D eigenvalue weighted by Gasteiger charge is 2.11. The molecule has 2 rings (SSSR count). The highest BCUT2D eigenvalue weighted by atomic mass is 32.2. The van der Waals surface area contributed by atoms with Gasteiger partial charge in [-0.1, -0.05) is 23.8 Å². The summed E-state index contributed by atoms with van der Waals surface area (Å²) in [5.41, 5.74) is 2.18. The second kappa shape index (κ2) is 5.54. The summed E-state index contributed by atoms with van der Waals surface area (Å²) in [6.07, 6.45) is 1.24. The van der Waals surface area contributed by atoms with Crippen LogP contribution in [-0.4, -0.2) is 14.6 Å². The molecule has 0 atom stereocenters. The highest BCUT2D eigenvalue weighted by Crippen LogP contribution is 2.14. The molecule has 0 spiro atoms. The highest BCUT2D eigenvalue weighted by molar-refractivity contribution is 7.90. The van der Waals surface area contributed by atoms with Gasteiger partial charge in [-0.3, -0.25) is 0 Å². The second-order valence-corrected chi connectivity index (χ2v) is 6.16. The topological polar surface area (TPSA) is 46.5 Å². The average Bonchev–Trinajstić information content (AvgIpc) is 2.38. The molecule has 0 amide bonds. The number of sulfonamides is 1. The van der Waals surface area contributed by atoms with Crippen LogP contribution in [0.1, 0.15) is 16.7 Å². The van der Waals surface area contributed by atoms with Crippen LogP contribution in [-0.2, 0) is 10.0 Å². The minimum absolute atomic E-state index is 0.138.